The van der Waals surface area contributed by atoms with Gasteiger partial charge in [-0.3, -0.25) is 4.79 Å². The van der Waals surface area contributed by atoms with Gasteiger partial charge in [-0.15, -0.1) is 0 Å². The van der Waals surface area contributed by atoms with Crippen molar-refractivity contribution >= 4 is 23.5 Å². The minimum Gasteiger partial charge on any atom is -0.491 e. The Morgan fingerprint density at radius 3 is 2.33 bits per heavy atom. The van der Waals surface area contributed by atoms with Crippen LogP contribution in [0, 0.1) is 0 Å². The van der Waals surface area contributed by atoms with Gasteiger partial charge in [-0.25, -0.2) is 4.79 Å². The van der Waals surface area contributed by atoms with Crippen LogP contribution in [0.15, 0.2) is 48.5 Å². The van der Waals surface area contributed by atoms with Crippen molar-refractivity contribution in [3.8, 4) is 5.75 Å². The molecular weight excluding hydrogens is 334 g/mol. The predicted molar refractivity (Wildman–Crippen MR) is 88.7 cm³/mol. The Hall–Kier alpha value is -2.57. The topological polar surface area (TPSA) is 95.9 Å². The molecule has 0 aliphatic rings. The number of aliphatic hydroxyl groups excluding tert-OH is 1. The van der Waals surface area contributed by atoms with Gasteiger partial charge >= 0.3 is 5.97 Å². The van der Waals surface area contributed by atoms with Gasteiger partial charge in [0.25, 0.3) is 5.91 Å². The maximum Gasteiger partial charge on any atom is 0.336 e. The summed E-state index contributed by atoms with van der Waals surface area (Å²) in [7, 11) is 0. The van der Waals surface area contributed by atoms with E-state index in [2.05, 4.69) is 5.32 Å². The molecule has 0 aromatic heterocycles. The van der Waals surface area contributed by atoms with Crippen molar-refractivity contribution in [2.75, 3.05) is 13.2 Å². The Bertz CT molecular complexity index is 717. The van der Waals surface area contributed by atoms with E-state index in [1.165, 1.54) is 18.2 Å². The van der Waals surface area contributed by atoms with Crippen molar-refractivity contribution in [3.05, 3.63) is 64.7 Å². The summed E-state index contributed by atoms with van der Waals surface area (Å²) in [6.45, 7) is -0.0944. The van der Waals surface area contributed by atoms with Crippen LogP contribution in [0.4, 0.5) is 0 Å². The Balaban J connectivity index is 1.85. The van der Waals surface area contributed by atoms with E-state index in [0.717, 1.165) is 0 Å². The van der Waals surface area contributed by atoms with Gasteiger partial charge in [-0.1, -0.05) is 23.7 Å². The van der Waals surface area contributed by atoms with E-state index in [4.69, 9.17) is 21.4 Å². The SMILES string of the molecule is O=C(O)c1ccccc1C(=O)NC[C@H](O)COc1ccc(Cl)cc1. The van der Waals surface area contributed by atoms with Crippen molar-refractivity contribution in [2.45, 2.75) is 6.10 Å². The molecule has 24 heavy (non-hydrogen) atoms. The van der Waals surface area contributed by atoms with Crippen LogP contribution >= 0.6 is 11.6 Å². The number of aliphatic hydroxyl groups is 1. The van der Waals surface area contributed by atoms with Gasteiger partial charge < -0.3 is 20.3 Å². The Labute approximate surface area is 143 Å². The van der Waals surface area contributed by atoms with Crippen LogP contribution < -0.4 is 10.1 Å². The minimum atomic E-state index is -1.19. The fraction of sp³-hybridized carbons (Fsp3) is 0.176. The summed E-state index contributed by atoms with van der Waals surface area (Å²) < 4.78 is 5.37. The zero-order valence-electron chi connectivity index (χ0n) is 12.6. The lowest BCUT2D eigenvalue weighted by Crippen LogP contribution is -2.35. The van der Waals surface area contributed by atoms with Crippen molar-refractivity contribution in [1.29, 1.82) is 0 Å². The molecule has 0 unspecified atom stereocenters. The molecule has 0 spiro atoms. The highest BCUT2D eigenvalue weighted by atomic mass is 35.5. The molecule has 0 aliphatic heterocycles. The van der Waals surface area contributed by atoms with Crippen LogP contribution in [0.3, 0.4) is 0 Å². The second-order valence-corrected chi connectivity index (χ2v) is 5.42. The molecule has 0 fully saturated rings. The third-order valence-electron chi connectivity index (χ3n) is 3.16. The number of amides is 1. The molecule has 2 aromatic carbocycles. The first-order valence-corrected chi connectivity index (χ1v) is 7.52. The summed E-state index contributed by atoms with van der Waals surface area (Å²) in [4.78, 5) is 23.1. The number of benzene rings is 2. The van der Waals surface area contributed by atoms with Crippen molar-refractivity contribution in [2.24, 2.45) is 0 Å². The average molecular weight is 350 g/mol. The summed E-state index contributed by atoms with van der Waals surface area (Å²) in [6, 6.07) is 12.5. The largest absolute Gasteiger partial charge is 0.491 e. The lowest BCUT2D eigenvalue weighted by Gasteiger charge is -2.14. The highest BCUT2D eigenvalue weighted by Gasteiger charge is 2.16. The Morgan fingerprint density at radius 1 is 1.08 bits per heavy atom. The molecule has 1 atom stereocenters. The Kier molecular flexibility index (Phi) is 6.17. The molecule has 0 heterocycles. The molecule has 0 aliphatic carbocycles. The number of carbonyl (C=O) groups excluding carboxylic acids is 1. The van der Waals surface area contributed by atoms with E-state index in [0.29, 0.717) is 10.8 Å². The first-order chi connectivity index (χ1) is 11.5. The van der Waals surface area contributed by atoms with E-state index in [1.807, 2.05) is 0 Å². The summed E-state index contributed by atoms with van der Waals surface area (Å²) in [5.74, 6) is -1.22. The number of nitrogens with one attached hydrogen (secondary N) is 1. The number of carboxylic acids is 1. The third-order valence-corrected chi connectivity index (χ3v) is 3.41. The van der Waals surface area contributed by atoms with E-state index in [-0.39, 0.29) is 24.3 Å². The number of carboxylic acid groups (broad SMARTS) is 1. The van der Waals surface area contributed by atoms with E-state index in [1.54, 1.807) is 30.3 Å². The van der Waals surface area contributed by atoms with Crippen LogP contribution in [0.1, 0.15) is 20.7 Å². The fourth-order valence-corrected chi connectivity index (χ4v) is 2.08. The molecular formula is C17H16ClNO5. The van der Waals surface area contributed by atoms with Crippen LogP contribution in [0.2, 0.25) is 5.02 Å². The lowest BCUT2D eigenvalue weighted by atomic mass is 10.1. The smallest absolute Gasteiger partial charge is 0.336 e. The number of halogens is 1. The summed E-state index contributed by atoms with van der Waals surface area (Å²) in [6.07, 6.45) is -0.943. The zero-order chi connectivity index (χ0) is 17.5. The number of ether oxygens (including phenoxy) is 1. The highest BCUT2D eigenvalue weighted by Crippen LogP contribution is 2.15. The normalized spacial score (nSPS) is 11.6. The van der Waals surface area contributed by atoms with Crippen molar-refractivity contribution in [1.82, 2.24) is 5.32 Å². The van der Waals surface area contributed by atoms with Gasteiger partial charge in [0.1, 0.15) is 18.5 Å². The number of carbonyl (C=O) groups is 2. The first kappa shape index (κ1) is 17.8. The van der Waals surface area contributed by atoms with Gasteiger partial charge in [-0.2, -0.15) is 0 Å². The highest BCUT2D eigenvalue weighted by molar-refractivity contribution is 6.30. The fourth-order valence-electron chi connectivity index (χ4n) is 1.96. The molecule has 2 rings (SSSR count). The molecule has 126 valence electrons. The molecule has 0 bridgehead atoms. The molecule has 6 nitrogen and oxygen atoms in total. The molecule has 0 saturated heterocycles. The summed E-state index contributed by atoms with van der Waals surface area (Å²) in [5.41, 5.74) is -0.0577. The predicted octanol–water partition coefficient (Wildman–Crippen LogP) is 2.21. The molecule has 7 heteroatoms. The molecule has 2 aromatic rings. The quantitative estimate of drug-likeness (QED) is 0.712. The van der Waals surface area contributed by atoms with Gasteiger partial charge in [0.15, 0.2) is 0 Å². The van der Waals surface area contributed by atoms with Gasteiger partial charge in [-0.05, 0) is 36.4 Å². The first-order valence-electron chi connectivity index (χ1n) is 7.14. The molecule has 1 amide bonds. The zero-order valence-corrected chi connectivity index (χ0v) is 13.4. The van der Waals surface area contributed by atoms with E-state index in [9.17, 15) is 14.7 Å². The molecule has 0 radical (unpaired) electrons. The monoisotopic (exact) mass is 349 g/mol. The minimum absolute atomic E-state index is 0.0253. The molecule has 3 N–H and O–H groups in total. The van der Waals surface area contributed by atoms with Crippen molar-refractivity contribution in [3.63, 3.8) is 0 Å². The third kappa shape index (κ3) is 4.97. The van der Waals surface area contributed by atoms with Crippen LogP contribution in [0.25, 0.3) is 0 Å². The Morgan fingerprint density at radius 2 is 1.71 bits per heavy atom. The second-order valence-electron chi connectivity index (χ2n) is 4.98. The van der Waals surface area contributed by atoms with Gasteiger partial charge in [0, 0.05) is 11.6 Å². The van der Waals surface area contributed by atoms with Crippen LogP contribution in [-0.4, -0.2) is 41.3 Å². The average Bonchev–Trinajstić information content (AvgIpc) is 2.59. The van der Waals surface area contributed by atoms with E-state index < -0.39 is 18.0 Å². The number of hydrogen-bond acceptors (Lipinski definition) is 4. The van der Waals surface area contributed by atoms with Crippen LogP contribution in [0.5, 0.6) is 5.75 Å². The standard InChI is InChI=1S/C17H16ClNO5/c18-11-5-7-13(8-6-11)24-10-12(20)9-19-16(21)14-3-1-2-4-15(14)17(22)23/h1-8,12,20H,9-10H2,(H,19,21)(H,22,23)/t12-/m0/s1. The number of rotatable bonds is 7. The number of hydrogen-bond donors (Lipinski definition) is 3. The molecule has 0 saturated carbocycles. The number of aromatic carboxylic acids is 1. The second kappa shape index (κ2) is 8.33. The van der Waals surface area contributed by atoms with Crippen LogP contribution in [-0.2, 0) is 0 Å². The lowest BCUT2D eigenvalue weighted by molar-refractivity contribution is 0.0689. The summed E-state index contributed by atoms with van der Waals surface area (Å²) in [5, 5.41) is 22.0. The maximum atomic E-state index is 12.0. The van der Waals surface area contributed by atoms with E-state index >= 15 is 0 Å². The maximum absolute atomic E-state index is 12.0. The van der Waals surface area contributed by atoms with Gasteiger partial charge in [0.05, 0.1) is 11.1 Å². The summed E-state index contributed by atoms with van der Waals surface area (Å²) >= 11 is 5.76. The van der Waals surface area contributed by atoms with Gasteiger partial charge in [0.2, 0.25) is 0 Å². The van der Waals surface area contributed by atoms with Crippen molar-refractivity contribution < 1.29 is 24.5 Å².